The molecule has 6 heteroatoms. The van der Waals surface area contributed by atoms with E-state index in [1.165, 1.54) is 0 Å². The Labute approximate surface area is 112 Å². The standard InChI is InChI=1S/C10H10BrClN2OS/c11-6-1-2-7(8(12)5-6)10(15)14-4-3-9(13)16/h1-2,5H,3-4H2,(H2,13,16)(H,14,15). The molecule has 1 rings (SSSR count). The van der Waals surface area contributed by atoms with Gasteiger partial charge in [-0.2, -0.15) is 0 Å². The number of hydrogen-bond acceptors (Lipinski definition) is 2. The minimum Gasteiger partial charge on any atom is -0.393 e. The molecule has 0 radical (unpaired) electrons. The van der Waals surface area contributed by atoms with Gasteiger partial charge in [0.05, 0.1) is 15.6 Å². The van der Waals surface area contributed by atoms with Gasteiger partial charge in [0.2, 0.25) is 0 Å². The lowest BCUT2D eigenvalue weighted by molar-refractivity contribution is 0.0955. The molecule has 0 fully saturated rings. The van der Waals surface area contributed by atoms with Crippen molar-refractivity contribution in [3.8, 4) is 0 Å². The van der Waals surface area contributed by atoms with E-state index in [0.717, 1.165) is 4.47 Å². The number of thiocarbonyl (C=S) groups is 1. The number of carbonyl (C=O) groups is 1. The third-order valence-electron chi connectivity index (χ3n) is 1.83. The molecule has 1 aromatic carbocycles. The summed E-state index contributed by atoms with van der Waals surface area (Å²) in [6, 6.07) is 5.08. The highest BCUT2D eigenvalue weighted by Crippen LogP contribution is 2.21. The predicted molar refractivity (Wildman–Crippen MR) is 72.9 cm³/mol. The lowest BCUT2D eigenvalue weighted by Crippen LogP contribution is -2.27. The molecule has 0 aliphatic carbocycles. The summed E-state index contributed by atoms with van der Waals surface area (Å²) in [4.78, 5) is 12.0. The van der Waals surface area contributed by atoms with Gasteiger partial charge in [-0.25, -0.2) is 0 Å². The number of amides is 1. The van der Waals surface area contributed by atoms with Crippen LogP contribution in [0.2, 0.25) is 5.02 Å². The van der Waals surface area contributed by atoms with Crippen molar-refractivity contribution in [3.05, 3.63) is 33.3 Å². The fourth-order valence-electron chi connectivity index (χ4n) is 1.07. The number of nitrogens with one attached hydrogen (secondary N) is 1. The van der Waals surface area contributed by atoms with Crippen LogP contribution in [0, 0.1) is 0 Å². The maximum Gasteiger partial charge on any atom is 0.252 e. The molecule has 86 valence electrons. The van der Waals surface area contributed by atoms with Gasteiger partial charge in [-0.05, 0) is 18.2 Å². The summed E-state index contributed by atoms with van der Waals surface area (Å²) in [5.74, 6) is -0.228. The van der Waals surface area contributed by atoms with E-state index in [1.54, 1.807) is 18.2 Å². The van der Waals surface area contributed by atoms with Crippen LogP contribution in [-0.2, 0) is 0 Å². The molecule has 3 nitrogen and oxygen atoms in total. The summed E-state index contributed by atoms with van der Waals surface area (Å²) >= 11 is 13.9. The first-order chi connectivity index (χ1) is 7.50. The molecular weight excluding hydrogens is 312 g/mol. The zero-order valence-corrected chi connectivity index (χ0v) is 11.5. The zero-order chi connectivity index (χ0) is 12.1. The van der Waals surface area contributed by atoms with E-state index in [1.807, 2.05) is 0 Å². The van der Waals surface area contributed by atoms with Crippen molar-refractivity contribution in [2.75, 3.05) is 6.54 Å². The van der Waals surface area contributed by atoms with Crippen molar-refractivity contribution in [1.82, 2.24) is 5.32 Å². The highest BCUT2D eigenvalue weighted by atomic mass is 79.9. The van der Waals surface area contributed by atoms with Gasteiger partial charge < -0.3 is 11.1 Å². The second kappa shape index (κ2) is 6.18. The van der Waals surface area contributed by atoms with Crippen molar-refractivity contribution in [1.29, 1.82) is 0 Å². The summed E-state index contributed by atoms with van der Waals surface area (Å²) in [5, 5.41) is 3.09. The van der Waals surface area contributed by atoms with Crippen LogP contribution in [-0.4, -0.2) is 17.4 Å². The summed E-state index contributed by atoms with van der Waals surface area (Å²) in [6.45, 7) is 0.417. The Kier molecular flexibility index (Phi) is 5.18. The van der Waals surface area contributed by atoms with Crippen LogP contribution in [0.25, 0.3) is 0 Å². The van der Waals surface area contributed by atoms with Crippen molar-refractivity contribution in [3.63, 3.8) is 0 Å². The third-order valence-corrected chi connectivity index (χ3v) is 2.84. The SMILES string of the molecule is NC(=S)CCNC(=O)c1ccc(Br)cc1Cl. The van der Waals surface area contributed by atoms with E-state index in [-0.39, 0.29) is 5.91 Å². The first kappa shape index (κ1) is 13.4. The van der Waals surface area contributed by atoms with Crippen molar-refractivity contribution in [2.45, 2.75) is 6.42 Å². The number of carbonyl (C=O) groups excluding carboxylic acids is 1. The normalized spacial score (nSPS) is 9.88. The number of hydrogen-bond donors (Lipinski definition) is 2. The van der Waals surface area contributed by atoms with E-state index >= 15 is 0 Å². The van der Waals surface area contributed by atoms with Gasteiger partial charge in [-0.15, -0.1) is 0 Å². The van der Waals surface area contributed by atoms with Gasteiger partial charge >= 0.3 is 0 Å². The molecule has 0 atom stereocenters. The first-order valence-electron chi connectivity index (χ1n) is 4.52. The quantitative estimate of drug-likeness (QED) is 0.838. The molecule has 0 saturated carbocycles. The molecule has 3 N–H and O–H groups in total. The molecule has 1 aromatic rings. The lowest BCUT2D eigenvalue weighted by Gasteiger charge is -2.06. The minimum absolute atomic E-state index is 0.228. The molecule has 0 unspecified atom stereocenters. The Balaban J connectivity index is 2.63. The van der Waals surface area contributed by atoms with E-state index < -0.39 is 0 Å². The second-order valence-electron chi connectivity index (χ2n) is 3.10. The van der Waals surface area contributed by atoms with E-state index in [2.05, 4.69) is 21.2 Å². The average Bonchev–Trinajstić information content (AvgIpc) is 2.16. The van der Waals surface area contributed by atoms with Crippen LogP contribution in [0.1, 0.15) is 16.8 Å². The summed E-state index contributed by atoms with van der Waals surface area (Å²) in [5.41, 5.74) is 5.75. The molecule has 0 aromatic heterocycles. The average molecular weight is 322 g/mol. The van der Waals surface area contributed by atoms with Crippen LogP contribution in [0.5, 0.6) is 0 Å². The third kappa shape index (κ3) is 4.08. The number of rotatable bonds is 4. The Hall–Kier alpha value is -0.650. The van der Waals surface area contributed by atoms with E-state index in [9.17, 15) is 4.79 Å². The fraction of sp³-hybridized carbons (Fsp3) is 0.200. The zero-order valence-electron chi connectivity index (χ0n) is 8.30. The van der Waals surface area contributed by atoms with E-state index in [4.69, 9.17) is 29.6 Å². The second-order valence-corrected chi connectivity index (χ2v) is 4.94. The molecule has 0 bridgehead atoms. The van der Waals surface area contributed by atoms with Gasteiger partial charge in [0.25, 0.3) is 5.91 Å². The minimum atomic E-state index is -0.228. The Morgan fingerprint density at radius 3 is 2.81 bits per heavy atom. The first-order valence-corrected chi connectivity index (χ1v) is 6.10. The van der Waals surface area contributed by atoms with Gasteiger partial charge in [0, 0.05) is 17.4 Å². The van der Waals surface area contributed by atoms with Crippen LogP contribution >= 0.6 is 39.7 Å². The van der Waals surface area contributed by atoms with Gasteiger partial charge in [0.15, 0.2) is 0 Å². The molecule has 0 spiro atoms. The maximum atomic E-state index is 11.7. The Morgan fingerprint density at radius 1 is 1.56 bits per heavy atom. The smallest absolute Gasteiger partial charge is 0.252 e. The molecule has 0 saturated heterocycles. The van der Waals surface area contributed by atoms with E-state index in [0.29, 0.717) is 28.5 Å². The van der Waals surface area contributed by atoms with Crippen LogP contribution in [0.15, 0.2) is 22.7 Å². The largest absolute Gasteiger partial charge is 0.393 e. The summed E-state index contributed by atoms with van der Waals surface area (Å²) < 4.78 is 0.831. The van der Waals surface area contributed by atoms with Crippen molar-refractivity contribution >= 4 is 50.6 Å². The summed E-state index contributed by atoms with van der Waals surface area (Å²) in [6.07, 6.45) is 0.481. The number of halogens is 2. The predicted octanol–water partition coefficient (Wildman–Crippen LogP) is 2.51. The molecule has 0 heterocycles. The lowest BCUT2D eigenvalue weighted by atomic mass is 10.2. The molecule has 1 amide bonds. The molecule has 0 aliphatic rings. The Bertz CT molecular complexity index is 425. The number of benzene rings is 1. The molecular formula is C10H10BrClN2OS. The van der Waals surface area contributed by atoms with Gasteiger partial charge in [-0.1, -0.05) is 39.7 Å². The van der Waals surface area contributed by atoms with Gasteiger partial charge in [0.1, 0.15) is 0 Å². The number of nitrogens with two attached hydrogens (primary N) is 1. The van der Waals surface area contributed by atoms with Crippen LogP contribution in [0.4, 0.5) is 0 Å². The van der Waals surface area contributed by atoms with Crippen LogP contribution < -0.4 is 11.1 Å². The van der Waals surface area contributed by atoms with Crippen molar-refractivity contribution in [2.24, 2.45) is 5.73 Å². The highest BCUT2D eigenvalue weighted by Gasteiger charge is 2.09. The molecule has 16 heavy (non-hydrogen) atoms. The van der Waals surface area contributed by atoms with Crippen LogP contribution in [0.3, 0.4) is 0 Å². The maximum absolute atomic E-state index is 11.7. The Morgan fingerprint density at radius 2 is 2.25 bits per heavy atom. The fourth-order valence-corrected chi connectivity index (χ4v) is 1.93. The highest BCUT2D eigenvalue weighted by molar-refractivity contribution is 9.10. The van der Waals surface area contributed by atoms with Gasteiger partial charge in [-0.3, -0.25) is 4.79 Å². The molecule has 0 aliphatic heterocycles. The topological polar surface area (TPSA) is 55.1 Å². The monoisotopic (exact) mass is 320 g/mol. The summed E-state index contributed by atoms with van der Waals surface area (Å²) in [7, 11) is 0. The van der Waals surface area contributed by atoms with Crippen molar-refractivity contribution < 1.29 is 4.79 Å².